The zero-order chi connectivity index (χ0) is 12.5. The molecular formula is C14H18O3. The Labute approximate surface area is 102 Å². The first-order valence-corrected chi connectivity index (χ1v) is 5.74. The van der Waals surface area contributed by atoms with Crippen LogP contribution in [0.2, 0.25) is 0 Å². The molecule has 17 heavy (non-hydrogen) atoms. The largest absolute Gasteiger partial charge is 0.500 e. The second-order valence-corrected chi connectivity index (χ2v) is 3.70. The SMILES string of the molecule is CCOC(=O)/C=C/OCC(C)c1ccccc1. The van der Waals surface area contributed by atoms with Gasteiger partial charge in [-0.25, -0.2) is 4.79 Å². The Bertz CT molecular complexity index is 357. The fourth-order valence-corrected chi connectivity index (χ4v) is 1.37. The molecule has 0 aromatic heterocycles. The summed E-state index contributed by atoms with van der Waals surface area (Å²) < 4.78 is 10.0. The predicted molar refractivity (Wildman–Crippen MR) is 66.6 cm³/mol. The highest BCUT2D eigenvalue weighted by molar-refractivity contribution is 5.81. The molecule has 3 heteroatoms. The third-order valence-electron chi connectivity index (χ3n) is 2.30. The van der Waals surface area contributed by atoms with E-state index >= 15 is 0 Å². The summed E-state index contributed by atoms with van der Waals surface area (Å²) in [5.74, 6) is -0.0806. The summed E-state index contributed by atoms with van der Waals surface area (Å²) in [5.41, 5.74) is 1.22. The Kier molecular flexibility index (Phi) is 5.86. The van der Waals surface area contributed by atoms with Crippen molar-refractivity contribution in [2.45, 2.75) is 19.8 Å². The van der Waals surface area contributed by atoms with Crippen LogP contribution in [0.25, 0.3) is 0 Å². The minimum Gasteiger partial charge on any atom is -0.500 e. The van der Waals surface area contributed by atoms with Gasteiger partial charge in [0.1, 0.15) is 0 Å². The molecule has 0 bridgehead atoms. The van der Waals surface area contributed by atoms with Gasteiger partial charge < -0.3 is 9.47 Å². The average Bonchev–Trinajstić information content (AvgIpc) is 2.36. The highest BCUT2D eigenvalue weighted by Gasteiger charge is 2.03. The zero-order valence-electron chi connectivity index (χ0n) is 10.3. The van der Waals surface area contributed by atoms with Gasteiger partial charge in [0, 0.05) is 5.92 Å². The van der Waals surface area contributed by atoms with E-state index in [-0.39, 0.29) is 5.97 Å². The van der Waals surface area contributed by atoms with E-state index in [1.807, 2.05) is 18.2 Å². The van der Waals surface area contributed by atoms with Crippen LogP contribution in [0.3, 0.4) is 0 Å². The molecule has 0 radical (unpaired) electrons. The summed E-state index contributed by atoms with van der Waals surface area (Å²) in [6.45, 7) is 4.77. The number of ether oxygens (including phenoxy) is 2. The quantitative estimate of drug-likeness (QED) is 0.431. The number of benzene rings is 1. The first-order chi connectivity index (χ1) is 8.24. The number of rotatable bonds is 6. The van der Waals surface area contributed by atoms with E-state index in [0.717, 1.165) is 0 Å². The van der Waals surface area contributed by atoms with Crippen molar-refractivity contribution in [1.29, 1.82) is 0 Å². The molecule has 0 fully saturated rings. The van der Waals surface area contributed by atoms with Crippen molar-refractivity contribution in [3.63, 3.8) is 0 Å². The van der Waals surface area contributed by atoms with Crippen molar-refractivity contribution in [2.75, 3.05) is 13.2 Å². The van der Waals surface area contributed by atoms with Crippen LogP contribution in [0.4, 0.5) is 0 Å². The van der Waals surface area contributed by atoms with Gasteiger partial charge in [0.15, 0.2) is 0 Å². The molecule has 0 aliphatic carbocycles. The fraction of sp³-hybridized carbons (Fsp3) is 0.357. The van der Waals surface area contributed by atoms with Crippen LogP contribution < -0.4 is 0 Å². The molecule has 1 atom stereocenters. The van der Waals surface area contributed by atoms with Gasteiger partial charge in [0.05, 0.1) is 25.6 Å². The van der Waals surface area contributed by atoms with Crippen molar-refractivity contribution in [1.82, 2.24) is 0 Å². The second kappa shape index (κ2) is 7.49. The molecule has 0 saturated carbocycles. The summed E-state index contributed by atoms with van der Waals surface area (Å²) in [6, 6.07) is 10.1. The van der Waals surface area contributed by atoms with Crippen LogP contribution in [-0.2, 0) is 14.3 Å². The highest BCUT2D eigenvalue weighted by Crippen LogP contribution is 2.14. The lowest BCUT2D eigenvalue weighted by molar-refractivity contribution is -0.137. The van der Waals surface area contributed by atoms with E-state index in [2.05, 4.69) is 19.1 Å². The van der Waals surface area contributed by atoms with Crippen LogP contribution in [0.5, 0.6) is 0 Å². The Balaban J connectivity index is 2.29. The van der Waals surface area contributed by atoms with E-state index in [0.29, 0.717) is 19.1 Å². The Hall–Kier alpha value is -1.77. The smallest absolute Gasteiger partial charge is 0.333 e. The number of hydrogen-bond donors (Lipinski definition) is 0. The predicted octanol–water partition coefficient (Wildman–Crippen LogP) is 2.88. The van der Waals surface area contributed by atoms with Crippen molar-refractivity contribution in [3.8, 4) is 0 Å². The molecule has 0 spiro atoms. The van der Waals surface area contributed by atoms with Crippen LogP contribution in [0, 0.1) is 0 Å². The number of esters is 1. The van der Waals surface area contributed by atoms with Gasteiger partial charge in [-0.3, -0.25) is 0 Å². The maximum atomic E-state index is 11.0. The highest BCUT2D eigenvalue weighted by atomic mass is 16.5. The molecule has 1 aromatic rings. The number of carbonyl (C=O) groups excluding carboxylic acids is 1. The van der Waals surface area contributed by atoms with Gasteiger partial charge in [0.2, 0.25) is 0 Å². The second-order valence-electron chi connectivity index (χ2n) is 3.70. The van der Waals surface area contributed by atoms with E-state index in [1.165, 1.54) is 17.9 Å². The van der Waals surface area contributed by atoms with Gasteiger partial charge in [-0.15, -0.1) is 0 Å². The lowest BCUT2D eigenvalue weighted by Gasteiger charge is -2.10. The summed E-state index contributed by atoms with van der Waals surface area (Å²) >= 11 is 0. The molecule has 3 nitrogen and oxygen atoms in total. The van der Waals surface area contributed by atoms with Crippen molar-refractivity contribution in [2.24, 2.45) is 0 Å². The number of carbonyl (C=O) groups is 1. The normalized spacial score (nSPS) is 12.4. The monoisotopic (exact) mass is 234 g/mol. The Morgan fingerprint density at radius 2 is 2.06 bits per heavy atom. The van der Waals surface area contributed by atoms with Gasteiger partial charge in [0.25, 0.3) is 0 Å². The van der Waals surface area contributed by atoms with Crippen molar-refractivity contribution >= 4 is 5.97 Å². The van der Waals surface area contributed by atoms with Crippen LogP contribution in [0.1, 0.15) is 25.3 Å². The molecule has 0 N–H and O–H groups in total. The Morgan fingerprint density at radius 3 is 2.71 bits per heavy atom. The Morgan fingerprint density at radius 1 is 1.35 bits per heavy atom. The molecule has 92 valence electrons. The molecular weight excluding hydrogens is 216 g/mol. The van der Waals surface area contributed by atoms with E-state index in [4.69, 9.17) is 9.47 Å². The molecule has 1 rings (SSSR count). The lowest BCUT2D eigenvalue weighted by Crippen LogP contribution is -2.02. The van der Waals surface area contributed by atoms with Gasteiger partial charge in [-0.05, 0) is 12.5 Å². The van der Waals surface area contributed by atoms with Gasteiger partial charge in [-0.1, -0.05) is 37.3 Å². The third kappa shape index (κ3) is 5.20. The minimum absolute atomic E-state index is 0.294. The first-order valence-electron chi connectivity index (χ1n) is 5.74. The standard InChI is InChI=1S/C14H18O3/c1-3-17-14(15)9-10-16-11-12(2)13-7-5-4-6-8-13/h4-10,12H,3,11H2,1-2H3/b10-9+. The van der Waals surface area contributed by atoms with Crippen LogP contribution >= 0.6 is 0 Å². The molecule has 0 saturated heterocycles. The fourth-order valence-electron chi connectivity index (χ4n) is 1.37. The maximum Gasteiger partial charge on any atom is 0.333 e. The molecule has 0 heterocycles. The molecule has 0 aliphatic rings. The topological polar surface area (TPSA) is 35.5 Å². The first kappa shape index (κ1) is 13.3. The van der Waals surface area contributed by atoms with Crippen molar-refractivity contribution < 1.29 is 14.3 Å². The summed E-state index contributed by atoms with van der Waals surface area (Å²) in [4.78, 5) is 11.0. The summed E-state index contributed by atoms with van der Waals surface area (Å²) in [5, 5.41) is 0. The lowest BCUT2D eigenvalue weighted by atomic mass is 10.0. The van der Waals surface area contributed by atoms with Gasteiger partial charge >= 0.3 is 5.97 Å². The molecule has 0 amide bonds. The zero-order valence-corrected chi connectivity index (χ0v) is 10.3. The van der Waals surface area contributed by atoms with Crippen LogP contribution in [0.15, 0.2) is 42.7 Å². The molecule has 1 unspecified atom stereocenters. The summed E-state index contributed by atoms with van der Waals surface area (Å²) in [7, 11) is 0. The van der Waals surface area contributed by atoms with Crippen molar-refractivity contribution in [3.05, 3.63) is 48.2 Å². The van der Waals surface area contributed by atoms with E-state index in [9.17, 15) is 4.79 Å². The van der Waals surface area contributed by atoms with Gasteiger partial charge in [-0.2, -0.15) is 0 Å². The summed E-state index contributed by atoms with van der Waals surface area (Å²) in [6.07, 6.45) is 2.68. The van der Waals surface area contributed by atoms with E-state index in [1.54, 1.807) is 6.92 Å². The van der Waals surface area contributed by atoms with E-state index < -0.39 is 0 Å². The molecule has 1 aromatic carbocycles. The molecule has 0 aliphatic heterocycles. The average molecular weight is 234 g/mol. The number of hydrogen-bond acceptors (Lipinski definition) is 3. The van der Waals surface area contributed by atoms with Crippen LogP contribution in [-0.4, -0.2) is 19.2 Å². The maximum absolute atomic E-state index is 11.0. The minimum atomic E-state index is -0.375. The third-order valence-corrected chi connectivity index (χ3v) is 2.30.